The van der Waals surface area contributed by atoms with Gasteiger partial charge in [0.1, 0.15) is 17.2 Å². The number of pyridine rings is 1. The zero-order valence-corrected chi connectivity index (χ0v) is 17.8. The first kappa shape index (κ1) is 20.2. The van der Waals surface area contributed by atoms with Gasteiger partial charge >= 0.3 is 0 Å². The monoisotopic (exact) mass is 407 g/mol. The van der Waals surface area contributed by atoms with Crippen LogP contribution in [0, 0.1) is 0 Å². The topological polar surface area (TPSA) is 74.9 Å². The molecule has 0 radical (unpaired) electrons. The molecule has 1 aliphatic heterocycles. The van der Waals surface area contributed by atoms with Gasteiger partial charge in [0.25, 0.3) is 0 Å². The second-order valence-corrected chi connectivity index (χ2v) is 7.63. The molecule has 7 heteroatoms. The fourth-order valence-corrected chi connectivity index (χ4v) is 3.64. The summed E-state index contributed by atoms with van der Waals surface area (Å²) in [5, 5.41) is 7.89. The number of guanidine groups is 1. The van der Waals surface area contributed by atoms with Crippen LogP contribution < -0.4 is 15.5 Å². The highest BCUT2D eigenvalue weighted by molar-refractivity contribution is 5.81. The molecule has 3 aromatic rings. The van der Waals surface area contributed by atoms with Gasteiger partial charge in [-0.3, -0.25) is 4.99 Å². The average molecular weight is 408 g/mol. The van der Waals surface area contributed by atoms with Crippen LogP contribution in [0.15, 0.2) is 58.1 Å². The van der Waals surface area contributed by atoms with E-state index in [-0.39, 0.29) is 12.1 Å². The normalized spacial score (nSPS) is 18.4. The lowest BCUT2D eigenvalue weighted by Crippen LogP contribution is -2.41. The molecule has 1 aromatic carbocycles. The molecule has 1 saturated heterocycles. The van der Waals surface area contributed by atoms with Gasteiger partial charge in [-0.05, 0) is 43.7 Å². The summed E-state index contributed by atoms with van der Waals surface area (Å²) in [6.07, 6.45) is 2.09. The highest BCUT2D eigenvalue weighted by atomic mass is 16.5. The largest absolute Gasteiger partial charge is 0.459 e. The lowest BCUT2D eigenvalue weighted by molar-refractivity contribution is 0.0529. The maximum atomic E-state index is 5.96. The number of aromatic nitrogens is 1. The van der Waals surface area contributed by atoms with Crippen molar-refractivity contribution in [1.29, 1.82) is 0 Å². The Kier molecular flexibility index (Phi) is 6.18. The summed E-state index contributed by atoms with van der Waals surface area (Å²) in [6.45, 7) is 7.28. The standard InChI is InChI=1S/C23H29N5O2/c1-16-15-28(10-11-29-16)22-12-18(8-9-25-22)14-26-23(24-3)27-17(2)21-13-19-6-4-5-7-20(19)30-21/h4-9,12-13,16-17H,10-11,14-15H2,1-3H3,(H2,24,26,27). The number of anilines is 1. The highest BCUT2D eigenvalue weighted by Crippen LogP contribution is 2.23. The van der Waals surface area contributed by atoms with Crippen LogP contribution in [0.5, 0.6) is 0 Å². The van der Waals surface area contributed by atoms with E-state index in [1.54, 1.807) is 7.05 Å². The van der Waals surface area contributed by atoms with Gasteiger partial charge in [-0.25, -0.2) is 4.98 Å². The number of hydrogen-bond acceptors (Lipinski definition) is 5. The minimum atomic E-state index is -0.00793. The molecular formula is C23H29N5O2. The van der Waals surface area contributed by atoms with E-state index in [0.717, 1.165) is 53.8 Å². The average Bonchev–Trinajstić information content (AvgIpc) is 3.21. The smallest absolute Gasteiger partial charge is 0.191 e. The van der Waals surface area contributed by atoms with Crippen LogP contribution in [-0.2, 0) is 11.3 Å². The predicted octanol–water partition coefficient (Wildman–Crippen LogP) is 3.48. The van der Waals surface area contributed by atoms with Crippen molar-refractivity contribution in [2.45, 2.75) is 32.5 Å². The van der Waals surface area contributed by atoms with E-state index in [9.17, 15) is 0 Å². The number of ether oxygens (including phenoxy) is 1. The van der Waals surface area contributed by atoms with Gasteiger partial charge in [-0.2, -0.15) is 0 Å². The van der Waals surface area contributed by atoms with E-state index in [1.807, 2.05) is 30.5 Å². The van der Waals surface area contributed by atoms with Crippen molar-refractivity contribution in [3.63, 3.8) is 0 Å². The Morgan fingerprint density at radius 1 is 1.30 bits per heavy atom. The van der Waals surface area contributed by atoms with Gasteiger partial charge in [0, 0.05) is 38.3 Å². The van der Waals surface area contributed by atoms with Crippen molar-refractivity contribution in [3.05, 3.63) is 60.0 Å². The van der Waals surface area contributed by atoms with Gasteiger partial charge in [-0.1, -0.05) is 18.2 Å². The summed E-state index contributed by atoms with van der Waals surface area (Å²) in [5.74, 6) is 2.59. The number of morpholine rings is 1. The number of para-hydroxylation sites is 1. The van der Waals surface area contributed by atoms with Crippen LogP contribution >= 0.6 is 0 Å². The lowest BCUT2D eigenvalue weighted by atomic mass is 10.2. The Balaban J connectivity index is 1.37. The number of nitrogens with one attached hydrogen (secondary N) is 2. The second-order valence-electron chi connectivity index (χ2n) is 7.63. The summed E-state index contributed by atoms with van der Waals surface area (Å²) in [4.78, 5) is 11.2. The van der Waals surface area contributed by atoms with Gasteiger partial charge in [-0.15, -0.1) is 0 Å². The summed E-state index contributed by atoms with van der Waals surface area (Å²) >= 11 is 0. The molecule has 0 bridgehead atoms. The van der Waals surface area contributed by atoms with E-state index in [4.69, 9.17) is 9.15 Å². The summed E-state index contributed by atoms with van der Waals surface area (Å²) in [7, 11) is 1.77. The minimum Gasteiger partial charge on any atom is -0.459 e. The van der Waals surface area contributed by atoms with Gasteiger partial charge in [0.15, 0.2) is 5.96 Å². The Labute approximate surface area is 177 Å². The number of fused-ring (bicyclic) bond motifs is 1. The van der Waals surface area contributed by atoms with Crippen LogP contribution in [0.2, 0.25) is 0 Å². The highest BCUT2D eigenvalue weighted by Gasteiger charge is 2.18. The first-order chi connectivity index (χ1) is 14.6. The molecule has 158 valence electrons. The van der Waals surface area contributed by atoms with Crippen molar-refractivity contribution in [2.24, 2.45) is 4.99 Å². The molecule has 2 aromatic heterocycles. The van der Waals surface area contributed by atoms with E-state index >= 15 is 0 Å². The Bertz CT molecular complexity index is 983. The molecule has 0 saturated carbocycles. The third-order valence-corrected chi connectivity index (χ3v) is 5.28. The van der Waals surface area contributed by atoms with Gasteiger partial charge in [0.2, 0.25) is 0 Å². The minimum absolute atomic E-state index is 0.00793. The molecule has 30 heavy (non-hydrogen) atoms. The van der Waals surface area contributed by atoms with Crippen molar-refractivity contribution in [2.75, 3.05) is 31.6 Å². The molecule has 1 aliphatic rings. The van der Waals surface area contributed by atoms with Crippen LogP contribution in [0.3, 0.4) is 0 Å². The zero-order chi connectivity index (χ0) is 20.9. The zero-order valence-electron chi connectivity index (χ0n) is 17.8. The third kappa shape index (κ3) is 4.74. The number of rotatable bonds is 5. The maximum Gasteiger partial charge on any atom is 0.191 e. The first-order valence-corrected chi connectivity index (χ1v) is 10.4. The van der Waals surface area contributed by atoms with Crippen LogP contribution in [0.1, 0.15) is 31.2 Å². The first-order valence-electron chi connectivity index (χ1n) is 10.4. The molecule has 1 fully saturated rings. The molecule has 2 unspecified atom stereocenters. The van der Waals surface area contributed by atoms with Crippen LogP contribution in [0.25, 0.3) is 11.0 Å². The van der Waals surface area contributed by atoms with Crippen LogP contribution in [0.4, 0.5) is 5.82 Å². The lowest BCUT2D eigenvalue weighted by Gasteiger charge is -2.32. The van der Waals surface area contributed by atoms with E-state index < -0.39 is 0 Å². The van der Waals surface area contributed by atoms with Crippen molar-refractivity contribution in [3.8, 4) is 0 Å². The molecule has 7 nitrogen and oxygen atoms in total. The van der Waals surface area contributed by atoms with Crippen molar-refractivity contribution >= 4 is 22.7 Å². The van der Waals surface area contributed by atoms with Crippen molar-refractivity contribution < 1.29 is 9.15 Å². The van der Waals surface area contributed by atoms with E-state index in [1.165, 1.54) is 0 Å². The number of aliphatic imine (C=N–C) groups is 1. The predicted molar refractivity (Wildman–Crippen MR) is 120 cm³/mol. The number of nitrogens with zero attached hydrogens (tertiary/aromatic N) is 3. The molecule has 2 N–H and O–H groups in total. The molecule has 3 heterocycles. The second kappa shape index (κ2) is 9.17. The number of furan rings is 1. The number of hydrogen-bond donors (Lipinski definition) is 2. The number of benzene rings is 1. The van der Waals surface area contributed by atoms with Crippen LogP contribution in [-0.4, -0.2) is 43.8 Å². The fourth-order valence-electron chi connectivity index (χ4n) is 3.64. The summed E-state index contributed by atoms with van der Waals surface area (Å²) < 4.78 is 11.6. The maximum absolute atomic E-state index is 5.96. The molecule has 4 rings (SSSR count). The molecular weight excluding hydrogens is 378 g/mol. The van der Waals surface area contributed by atoms with Crippen molar-refractivity contribution in [1.82, 2.24) is 15.6 Å². The quantitative estimate of drug-likeness (QED) is 0.498. The van der Waals surface area contributed by atoms with Gasteiger partial charge < -0.3 is 24.7 Å². The molecule has 0 aliphatic carbocycles. The van der Waals surface area contributed by atoms with E-state index in [0.29, 0.717) is 6.54 Å². The van der Waals surface area contributed by atoms with Gasteiger partial charge in [0.05, 0.1) is 18.8 Å². The van der Waals surface area contributed by atoms with E-state index in [2.05, 4.69) is 57.6 Å². The Morgan fingerprint density at radius 2 is 2.17 bits per heavy atom. The Hall–Kier alpha value is -3.06. The Morgan fingerprint density at radius 3 is 2.97 bits per heavy atom. The summed E-state index contributed by atoms with van der Waals surface area (Å²) in [5.41, 5.74) is 2.05. The molecule has 0 spiro atoms. The fraction of sp³-hybridized carbons (Fsp3) is 0.391. The molecule has 0 amide bonds. The summed E-state index contributed by atoms with van der Waals surface area (Å²) in [6, 6.07) is 14.2. The molecule has 2 atom stereocenters. The SMILES string of the molecule is CN=C(NCc1ccnc(N2CCOC(C)C2)c1)NC(C)c1cc2ccccc2o1. The third-order valence-electron chi connectivity index (χ3n) is 5.28.